The molecule has 1 heterocycles. The van der Waals surface area contributed by atoms with Gasteiger partial charge in [-0.3, -0.25) is 0 Å². The Morgan fingerprint density at radius 1 is 1.58 bits per heavy atom. The molecule has 0 atom stereocenters. The minimum atomic E-state index is -1.09. The fourth-order valence-electron chi connectivity index (χ4n) is 0.729. The molecule has 0 aromatic carbocycles. The van der Waals surface area contributed by atoms with Crippen molar-refractivity contribution in [1.82, 2.24) is 5.16 Å². The van der Waals surface area contributed by atoms with Crippen LogP contribution in [0.15, 0.2) is 10.6 Å². The van der Waals surface area contributed by atoms with Crippen LogP contribution in [0.4, 0.5) is 0 Å². The van der Waals surface area contributed by atoms with Gasteiger partial charge < -0.3 is 9.63 Å². The molecule has 0 bridgehead atoms. The topological polar surface area (TPSA) is 63.3 Å². The minimum absolute atomic E-state index is 0.111. The van der Waals surface area contributed by atoms with Crippen LogP contribution in [0.1, 0.15) is 37.0 Å². The monoisotopic (exact) mass is 169 g/mol. The molecule has 0 saturated carbocycles. The highest BCUT2D eigenvalue weighted by Gasteiger charge is 2.20. The van der Waals surface area contributed by atoms with Crippen molar-refractivity contribution in [2.75, 3.05) is 0 Å². The van der Waals surface area contributed by atoms with Crippen LogP contribution in [0.2, 0.25) is 0 Å². The number of carboxylic acid groups (broad SMARTS) is 1. The van der Waals surface area contributed by atoms with Crippen molar-refractivity contribution in [3.8, 4) is 0 Å². The second-order valence-electron chi connectivity index (χ2n) is 3.63. The summed E-state index contributed by atoms with van der Waals surface area (Å²) in [5.74, 6) is -1.20. The van der Waals surface area contributed by atoms with Gasteiger partial charge in [0.1, 0.15) is 0 Å². The first-order valence-electron chi connectivity index (χ1n) is 3.62. The van der Waals surface area contributed by atoms with Crippen molar-refractivity contribution < 1.29 is 14.4 Å². The highest BCUT2D eigenvalue weighted by Crippen LogP contribution is 2.21. The fourth-order valence-corrected chi connectivity index (χ4v) is 0.729. The van der Waals surface area contributed by atoms with Crippen molar-refractivity contribution in [2.24, 2.45) is 0 Å². The summed E-state index contributed by atoms with van der Waals surface area (Å²) in [4.78, 5) is 10.4. The van der Waals surface area contributed by atoms with Crippen molar-refractivity contribution in [2.45, 2.75) is 26.2 Å². The SMILES string of the molecule is CC(C)(C)c1cc(C(=O)O)on1. The lowest BCUT2D eigenvalue weighted by molar-refractivity contribution is 0.0651. The van der Waals surface area contributed by atoms with Crippen molar-refractivity contribution >= 4 is 5.97 Å². The van der Waals surface area contributed by atoms with E-state index in [4.69, 9.17) is 5.11 Å². The zero-order valence-corrected chi connectivity index (χ0v) is 7.29. The third-order valence-electron chi connectivity index (χ3n) is 1.49. The number of carboxylic acids is 1. The van der Waals surface area contributed by atoms with Gasteiger partial charge in [0.15, 0.2) is 0 Å². The van der Waals surface area contributed by atoms with Gasteiger partial charge in [-0.25, -0.2) is 4.79 Å². The van der Waals surface area contributed by atoms with Gasteiger partial charge in [-0.05, 0) is 0 Å². The van der Waals surface area contributed by atoms with Crippen molar-refractivity contribution in [3.63, 3.8) is 0 Å². The highest BCUT2D eigenvalue weighted by molar-refractivity contribution is 5.84. The molecule has 0 aliphatic rings. The largest absolute Gasteiger partial charge is 0.475 e. The van der Waals surface area contributed by atoms with E-state index in [0.29, 0.717) is 5.69 Å². The molecule has 4 nitrogen and oxygen atoms in total. The van der Waals surface area contributed by atoms with E-state index in [-0.39, 0.29) is 11.2 Å². The lowest BCUT2D eigenvalue weighted by Crippen LogP contribution is -2.11. The molecule has 0 aliphatic carbocycles. The molecule has 0 amide bonds. The Hall–Kier alpha value is -1.32. The van der Waals surface area contributed by atoms with Gasteiger partial charge in [0.2, 0.25) is 5.76 Å². The molecule has 4 heteroatoms. The van der Waals surface area contributed by atoms with Gasteiger partial charge in [-0.1, -0.05) is 25.9 Å². The zero-order chi connectivity index (χ0) is 9.35. The first-order valence-corrected chi connectivity index (χ1v) is 3.62. The molecule has 0 saturated heterocycles. The first-order chi connectivity index (χ1) is 5.41. The third-order valence-corrected chi connectivity index (χ3v) is 1.49. The van der Waals surface area contributed by atoms with E-state index in [1.54, 1.807) is 0 Å². The summed E-state index contributed by atoms with van der Waals surface area (Å²) in [6, 6.07) is 1.45. The molecule has 1 rings (SSSR count). The first kappa shape index (κ1) is 8.77. The fraction of sp³-hybridized carbons (Fsp3) is 0.500. The van der Waals surface area contributed by atoms with Gasteiger partial charge >= 0.3 is 5.97 Å². The van der Waals surface area contributed by atoms with Crippen LogP contribution < -0.4 is 0 Å². The lowest BCUT2D eigenvalue weighted by atomic mass is 9.92. The minimum Gasteiger partial charge on any atom is -0.475 e. The van der Waals surface area contributed by atoms with Crippen molar-refractivity contribution in [3.05, 3.63) is 17.5 Å². The van der Waals surface area contributed by atoms with E-state index in [1.165, 1.54) is 6.07 Å². The maximum absolute atomic E-state index is 10.4. The van der Waals surface area contributed by atoms with Crippen LogP contribution in [0.5, 0.6) is 0 Å². The predicted octanol–water partition coefficient (Wildman–Crippen LogP) is 1.67. The lowest BCUT2D eigenvalue weighted by Gasteiger charge is -2.12. The van der Waals surface area contributed by atoms with Gasteiger partial charge in [0.25, 0.3) is 0 Å². The van der Waals surface area contributed by atoms with E-state index in [1.807, 2.05) is 20.8 Å². The summed E-state index contributed by atoms with van der Waals surface area (Å²) in [5.41, 5.74) is 0.483. The summed E-state index contributed by atoms with van der Waals surface area (Å²) in [5, 5.41) is 12.2. The van der Waals surface area contributed by atoms with E-state index in [9.17, 15) is 4.79 Å². The summed E-state index contributed by atoms with van der Waals surface area (Å²) in [6.45, 7) is 5.82. The second-order valence-corrected chi connectivity index (χ2v) is 3.63. The Balaban J connectivity index is 3.00. The molecule has 0 aliphatic heterocycles. The number of rotatable bonds is 1. The average molecular weight is 169 g/mol. The number of nitrogens with zero attached hydrogens (tertiary/aromatic N) is 1. The Labute approximate surface area is 70.2 Å². The molecular formula is C8H11NO3. The van der Waals surface area contributed by atoms with E-state index in [0.717, 1.165) is 0 Å². The Morgan fingerprint density at radius 2 is 2.17 bits per heavy atom. The van der Waals surface area contributed by atoms with Crippen LogP contribution in [-0.2, 0) is 5.41 Å². The van der Waals surface area contributed by atoms with Gasteiger partial charge in [0, 0.05) is 11.5 Å². The number of carbonyl (C=O) groups is 1. The standard InChI is InChI=1S/C8H11NO3/c1-8(2,3)6-4-5(7(10)11)12-9-6/h4H,1-3H3,(H,10,11). The smallest absolute Gasteiger partial charge is 0.374 e. The maximum Gasteiger partial charge on any atom is 0.374 e. The zero-order valence-electron chi connectivity index (χ0n) is 7.29. The predicted molar refractivity (Wildman–Crippen MR) is 42.2 cm³/mol. The summed E-state index contributed by atoms with van der Waals surface area (Å²) in [7, 11) is 0. The summed E-state index contributed by atoms with van der Waals surface area (Å²) in [6.07, 6.45) is 0. The molecule has 66 valence electrons. The van der Waals surface area contributed by atoms with Gasteiger partial charge in [-0.15, -0.1) is 0 Å². The van der Waals surface area contributed by atoms with E-state index in [2.05, 4.69) is 9.68 Å². The molecule has 0 fully saturated rings. The summed E-state index contributed by atoms with van der Waals surface area (Å²) >= 11 is 0. The number of hydrogen-bond acceptors (Lipinski definition) is 3. The maximum atomic E-state index is 10.4. The highest BCUT2D eigenvalue weighted by atomic mass is 16.5. The molecule has 0 spiro atoms. The number of aromatic carboxylic acids is 1. The number of aromatic nitrogens is 1. The molecule has 1 aromatic heterocycles. The van der Waals surface area contributed by atoms with Crippen LogP contribution in [-0.4, -0.2) is 16.2 Å². The second kappa shape index (κ2) is 2.62. The normalized spacial score (nSPS) is 11.6. The summed E-state index contributed by atoms with van der Waals surface area (Å²) < 4.78 is 4.60. The molecular weight excluding hydrogens is 158 g/mol. The number of hydrogen-bond donors (Lipinski definition) is 1. The third kappa shape index (κ3) is 1.64. The van der Waals surface area contributed by atoms with Gasteiger partial charge in [0.05, 0.1) is 5.69 Å². The molecule has 0 radical (unpaired) electrons. The Kier molecular flexibility index (Phi) is 1.92. The van der Waals surface area contributed by atoms with Crippen LogP contribution in [0.3, 0.4) is 0 Å². The Morgan fingerprint density at radius 3 is 2.42 bits per heavy atom. The Bertz CT molecular complexity index is 295. The molecule has 0 unspecified atom stereocenters. The van der Waals surface area contributed by atoms with Crippen molar-refractivity contribution in [1.29, 1.82) is 0 Å². The average Bonchev–Trinajstić information content (AvgIpc) is 2.30. The molecule has 12 heavy (non-hydrogen) atoms. The van der Waals surface area contributed by atoms with Crippen LogP contribution >= 0.6 is 0 Å². The quantitative estimate of drug-likeness (QED) is 0.694. The van der Waals surface area contributed by atoms with Crippen LogP contribution in [0.25, 0.3) is 0 Å². The van der Waals surface area contributed by atoms with E-state index < -0.39 is 5.97 Å². The van der Waals surface area contributed by atoms with E-state index >= 15 is 0 Å². The molecule has 1 N–H and O–H groups in total. The molecule has 1 aromatic rings. The van der Waals surface area contributed by atoms with Gasteiger partial charge in [-0.2, -0.15) is 0 Å². The van der Waals surface area contributed by atoms with Crippen LogP contribution in [0, 0.1) is 0 Å².